The minimum atomic E-state index is -5.05. The molecule has 1 aromatic carbocycles. The highest BCUT2D eigenvalue weighted by Gasteiger charge is 2.23. The molecule has 0 unspecified atom stereocenters. The third kappa shape index (κ3) is 4.16. The van der Waals surface area contributed by atoms with Crippen LogP contribution in [0.1, 0.15) is 13.8 Å². The second-order valence-corrected chi connectivity index (χ2v) is 5.79. The summed E-state index contributed by atoms with van der Waals surface area (Å²) in [4.78, 5) is 20.8. The van der Waals surface area contributed by atoms with Gasteiger partial charge in [0, 0.05) is 23.5 Å². The molecule has 0 aliphatic rings. The number of benzene rings is 1. The van der Waals surface area contributed by atoms with Gasteiger partial charge in [-0.25, -0.2) is 9.09 Å². The third-order valence-corrected chi connectivity index (χ3v) is 3.34. The highest BCUT2D eigenvalue weighted by Crippen LogP contribution is 2.36. The maximum atomic E-state index is 11.0. The lowest BCUT2D eigenvalue weighted by Gasteiger charge is -2.29. The smallest absolute Gasteiger partial charge is 0.361 e. The van der Waals surface area contributed by atoms with E-state index in [-0.39, 0.29) is 6.42 Å². The van der Waals surface area contributed by atoms with E-state index in [1.807, 2.05) is 18.2 Å². The van der Waals surface area contributed by atoms with Crippen LogP contribution in [-0.2, 0) is 15.5 Å². The summed E-state index contributed by atoms with van der Waals surface area (Å²) >= 11 is 0. The van der Waals surface area contributed by atoms with Crippen LogP contribution in [0.5, 0.6) is 0 Å². The lowest BCUT2D eigenvalue weighted by molar-refractivity contribution is -0.906. The molecule has 2 aromatic rings. The Labute approximate surface area is 126 Å². The fourth-order valence-corrected chi connectivity index (χ4v) is 2.24. The summed E-state index contributed by atoms with van der Waals surface area (Å²) in [6, 6.07) is 7.26. The van der Waals surface area contributed by atoms with Crippen molar-refractivity contribution in [2.24, 2.45) is 0 Å². The van der Waals surface area contributed by atoms with Gasteiger partial charge in [0.25, 0.3) is 0 Å². The minimum Gasteiger partial charge on any atom is -0.361 e. The number of likely N-dealkylation sites (N-methyl/N-ethyl adjacent to an activating group) is 1. The number of para-hydroxylation sites is 1. The number of phosphoric acid groups is 1. The maximum Gasteiger partial charge on any atom is 0.474 e. The molecule has 0 spiro atoms. The van der Waals surface area contributed by atoms with Gasteiger partial charge in [-0.3, -0.25) is 0 Å². The normalized spacial score (nSPS) is 18.7. The molecule has 0 atom stereocenters. The Morgan fingerprint density at radius 3 is 2.85 bits per heavy atom. The Morgan fingerprint density at radius 1 is 1.40 bits per heavy atom. The van der Waals surface area contributed by atoms with Crippen LogP contribution in [0.25, 0.3) is 10.9 Å². The number of nitrogens with zero attached hydrogens (tertiary/aromatic N) is 1. The van der Waals surface area contributed by atoms with Gasteiger partial charge in [0.2, 0.25) is 0 Å². The Hall–Kier alpha value is -1.17. The van der Waals surface area contributed by atoms with Crippen LogP contribution in [0.4, 0.5) is 0 Å². The lowest BCUT2D eigenvalue weighted by atomic mass is 10.1. The molecular weight excluding hydrogens is 279 g/mol. The summed E-state index contributed by atoms with van der Waals surface area (Å²) in [5.74, 6) is 0. The zero-order chi connectivity index (χ0) is 19.8. The number of aromatic nitrogens is 1. The molecule has 0 aliphatic heterocycles. The van der Waals surface area contributed by atoms with E-state index in [1.54, 1.807) is 12.3 Å². The summed E-state index contributed by atoms with van der Waals surface area (Å²) in [6.07, 6.45) is 1.72. The molecule has 20 heavy (non-hydrogen) atoms. The zero-order valence-corrected chi connectivity index (χ0v) is 11.5. The van der Waals surface area contributed by atoms with Crippen molar-refractivity contribution >= 4 is 18.7 Å². The molecule has 0 fully saturated rings. The van der Waals surface area contributed by atoms with Gasteiger partial charge >= 0.3 is 7.82 Å². The third-order valence-electron chi connectivity index (χ3n) is 2.88. The Balaban J connectivity index is 2.38. The van der Waals surface area contributed by atoms with Crippen molar-refractivity contribution in [2.45, 2.75) is 6.42 Å². The molecular formula is C13H20N2O4P+. The number of phosphoric ester groups is 1. The number of nitrogens with one attached hydrogen (secondary N) is 1. The van der Waals surface area contributed by atoms with E-state index in [0.717, 1.165) is 10.9 Å². The number of fused-ring (bicyclic) bond motifs is 1. The van der Waals surface area contributed by atoms with Gasteiger partial charge in [0.1, 0.15) is 0 Å². The number of hydrogen-bond acceptors (Lipinski definition) is 2. The van der Waals surface area contributed by atoms with Gasteiger partial charge in [-0.2, -0.15) is 0 Å². The molecule has 0 radical (unpaired) electrons. The standard InChI is InChI=1S/C13H19N2O4P/c1-15(2,10-19-20(16,17)18)8-7-11-9-14-13-6-4-3-5-12(11)13/h3-6,9,14H,7-8,10H2,1-2H3,(H-,16,17,18)/p+1/i1D3,2D3. The Morgan fingerprint density at radius 2 is 2.15 bits per heavy atom. The topological polar surface area (TPSA) is 82.6 Å². The molecule has 0 saturated carbocycles. The first-order chi connectivity index (χ1) is 11.8. The quantitative estimate of drug-likeness (QED) is 0.432. The maximum absolute atomic E-state index is 11.0. The number of H-pyrrole nitrogens is 1. The largest absolute Gasteiger partial charge is 0.474 e. The van der Waals surface area contributed by atoms with Gasteiger partial charge in [-0.15, -0.1) is 0 Å². The van der Waals surface area contributed by atoms with E-state index in [4.69, 9.17) is 18.0 Å². The van der Waals surface area contributed by atoms with Crippen LogP contribution in [0, 0.1) is 0 Å². The van der Waals surface area contributed by atoms with Crippen LogP contribution >= 0.6 is 7.82 Å². The number of aromatic amines is 1. The predicted molar refractivity (Wildman–Crippen MR) is 77.0 cm³/mol. The zero-order valence-electron chi connectivity index (χ0n) is 16.6. The Kier molecular flexibility index (Phi) is 2.55. The van der Waals surface area contributed by atoms with Gasteiger partial charge in [0.05, 0.1) is 28.7 Å². The highest BCUT2D eigenvalue weighted by atomic mass is 31.2. The van der Waals surface area contributed by atoms with Crippen molar-refractivity contribution < 1.29 is 31.6 Å². The van der Waals surface area contributed by atoms with E-state index in [9.17, 15) is 4.57 Å². The van der Waals surface area contributed by atoms with Crippen LogP contribution in [0.15, 0.2) is 30.5 Å². The average Bonchev–Trinajstić information content (AvgIpc) is 2.87. The van der Waals surface area contributed by atoms with Gasteiger partial charge in [-0.1, -0.05) is 18.2 Å². The first-order valence-electron chi connectivity index (χ1n) is 8.89. The van der Waals surface area contributed by atoms with E-state index in [0.29, 0.717) is 5.56 Å². The first-order valence-corrected chi connectivity index (χ1v) is 7.42. The van der Waals surface area contributed by atoms with E-state index in [2.05, 4.69) is 9.51 Å². The van der Waals surface area contributed by atoms with E-state index >= 15 is 0 Å². The van der Waals surface area contributed by atoms with Crippen molar-refractivity contribution in [1.82, 2.24) is 4.98 Å². The fraction of sp³-hybridized carbons (Fsp3) is 0.385. The van der Waals surface area contributed by atoms with Gasteiger partial charge < -0.3 is 19.3 Å². The second-order valence-electron chi connectivity index (χ2n) is 4.55. The van der Waals surface area contributed by atoms with Crippen LogP contribution in [-0.4, -0.2) is 46.5 Å². The van der Waals surface area contributed by atoms with E-state index in [1.165, 1.54) is 0 Å². The number of quaternary nitrogens is 1. The second kappa shape index (κ2) is 5.68. The summed E-state index contributed by atoms with van der Waals surface area (Å²) in [7, 11) is -5.05. The Bertz CT molecular complexity index is 799. The van der Waals surface area contributed by atoms with Gasteiger partial charge in [-0.05, 0) is 11.6 Å². The van der Waals surface area contributed by atoms with E-state index < -0.39 is 39.5 Å². The van der Waals surface area contributed by atoms with Crippen LogP contribution in [0.3, 0.4) is 0 Å². The fourth-order valence-electron chi connectivity index (χ4n) is 1.89. The number of rotatable bonds is 6. The average molecular weight is 305 g/mol. The van der Waals surface area contributed by atoms with Crippen molar-refractivity contribution in [3.8, 4) is 0 Å². The summed E-state index contributed by atoms with van der Waals surface area (Å²) in [5.41, 5.74) is 1.52. The monoisotopic (exact) mass is 305 g/mol. The molecule has 6 nitrogen and oxygen atoms in total. The molecule has 7 heteroatoms. The molecule has 0 aliphatic carbocycles. The predicted octanol–water partition coefficient (Wildman–Crippen LogP) is 1.85. The van der Waals surface area contributed by atoms with Crippen molar-refractivity contribution in [3.63, 3.8) is 0 Å². The van der Waals surface area contributed by atoms with Crippen LogP contribution < -0.4 is 0 Å². The van der Waals surface area contributed by atoms with Crippen molar-refractivity contribution in [2.75, 3.05) is 27.2 Å². The molecule has 1 heterocycles. The van der Waals surface area contributed by atoms with Gasteiger partial charge in [0.15, 0.2) is 6.73 Å². The minimum absolute atomic E-state index is 0.0608. The molecule has 0 bridgehead atoms. The molecule has 110 valence electrons. The molecule has 2 rings (SSSR count). The molecule has 0 saturated heterocycles. The summed E-state index contributed by atoms with van der Waals surface area (Å²) in [6.45, 7) is -7.74. The molecule has 1 aromatic heterocycles. The SMILES string of the molecule is [2H]C([2H])([2H])[N+](CCc1c[nH]c2ccccc12)(COP(=O)(O)O)C([2H])([2H])[2H]. The summed E-state index contributed by atoms with van der Waals surface area (Å²) in [5, 5.41) is 0.817. The van der Waals surface area contributed by atoms with Crippen LogP contribution in [0.2, 0.25) is 0 Å². The summed E-state index contributed by atoms with van der Waals surface area (Å²) < 4.78 is 59.9. The van der Waals surface area contributed by atoms with Crippen molar-refractivity contribution in [1.29, 1.82) is 0 Å². The first kappa shape index (κ1) is 8.97. The number of hydrogen-bond donors (Lipinski definition) is 3. The van der Waals surface area contributed by atoms with Crippen molar-refractivity contribution in [3.05, 3.63) is 36.0 Å². The lowest BCUT2D eigenvalue weighted by Crippen LogP contribution is -2.42. The molecule has 3 N–H and O–H groups in total. The molecule has 0 amide bonds. The highest BCUT2D eigenvalue weighted by molar-refractivity contribution is 7.46.